The van der Waals surface area contributed by atoms with Gasteiger partial charge in [0.2, 0.25) is 0 Å². The molecule has 110 valence electrons. The van der Waals surface area contributed by atoms with E-state index in [-0.39, 0.29) is 5.69 Å². The van der Waals surface area contributed by atoms with E-state index in [4.69, 9.17) is 0 Å². The number of aromatic nitrogens is 1. The molecule has 5 nitrogen and oxygen atoms in total. The first-order valence-corrected chi connectivity index (χ1v) is 7.14. The van der Waals surface area contributed by atoms with Crippen molar-refractivity contribution in [1.82, 2.24) is 4.98 Å². The van der Waals surface area contributed by atoms with Crippen molar-refractivity contribution in [2.75, 3.05) is 11.9 Å². The van der Waals surface area contributed by atoms with Crippen LogP contribution in [0.5, 0.6) is 0 Å². The Morgan fingerprint density at radius 2 is 1.86 bits per heavy atom. The molecule has 1 aromatic heterocycles. The highest BCUT2D eigenvalue weighted by Crippen LogP contribution is 2.29. The molecule has 0 bridgehead atoms. The molecule has 2 aromatic rings. The second kappa shape index (κ2) is 6.83. The Labute approximate surface area is 124 Å². The summed E-state index contributed by atoms with van der Waals surface area (Å²) in [5, 5.41) is 14.3. The highest BCUT2D eigenvalue weighted by atomic mass is 16.6. The Hall–Kier alpha value is -2.43. The van der Waals surface area contributed by atoms with Gasteiger partial charge >= 0.3 is 0 Å². The lowest BCUT2D eigenvalue weighted by molar-refractivity contribution is -0.384. The average molecular weight is 285 g/mol. The number of hydrogen-bond donors (Lipinski definition) is 1. The van der Waals surface area contributed by atoms with Crippen LogP contribution in [-0.4, -0.2) is 16.5 Å². The van der Waals surface area contributed by atoms with Crippen molar-refractivity contribution in [1.29, 1.82) is 0 Å². The van der Waals surface area contributed by atoms with Crippen LogP contribution in [0.2, 0.25) is 0 Å². The van der Waals surface area contributed by atoms with Crippen LogP contribution < -0.4 is 5.32 Å². The van der Waals surface area contributed by atoms with Crippen molar-refractivity contribution >= 4 is 11.5 Å². The third kappa shape index (κ3) is 3.56. The van der Waals surface area contributed by atoms with E-state index >= 15 is 0 Å². The quantitative estimate of drug-likeness (QED) is 0.642. The third-order valence-corrected chi connectivity index (χ3v) is 3.19. The predicted octanol–water partition coefficient (Wildman–Crippen LogP) is 4.04. The molecule has 0 saturated carbocycles. The van der Waals surface area contributed by atoms with E-state index < -0.39 is 4.92 Å². The summed E-state index contributed by atoms with van der Waals surface area (Å²) in [4.78, 5) is 15.2. The van der Waals surface area contributed by atoms with Crippen molar-refractivity contribution in [3.05, 3.63) is 52.1 Å². The van der Waals surface area contributed by atoms with E-state index in [1.807, 2.05) is 31.2 Å². The molecule has 1 aromatic carbocycles. The number of anilines is 1. The Kier molecular flexibility index (Phi) is 4.87. The maximum atomic E-state index is 11.2. The zero-order valence-corrected chi connectivity index (χ0v) is 12.3. The summed E-state index contributed by atoms with van der Waals surface area (Å²) < 4.78 is 0. The van der Waals surface area contributed by atoms with Crippen LogP contribution in [0.1, 0.15) is 25.8 Å². The van der Waals surface area contributed by atoms with E-state index in [1.165, 1.54) is 11.6 Å². The first-order valence-electron chi connectivity index (χ1n) is 7.14. The fourth-order valence-electron chi connectivity index (χ4n) is 2.21. The molecule has 0 aliphatic heterocycles. The number of nitrogens with one attached hydrogen (secondary N) is 1. The average Bonchev–Trinajstić information content (AvgIpc) is 2.48. The Morgan fingerprint density at radius 3 is 2.43 bits per heavy atom. The number of benzene rings is 1. The van der Waals surface area contributed by atoms with Crippen LogP contribution in [0.15, 0.2) is 36.4 Å². The molecular weight excluding hydrogens is 266 g/mol. The molecule has 1 N–H and O–H groups in total. The number of aryl methyl sites for hydroxylation is 1. The molecule has 2 rings (SSSR count). The van der Waals surface area contributed by atoms with Crippen LogP contribution in [0.4, 0.5) is 11.5 Å². The zero-order chi connectivity index (χ0) is 15.2. The number of hydrogen-bond acceptors (Lipinski definition) is 4. The van der Waals surface area contributed by atoms with E-state index in [0.717, 1.165) is 24.9 Å². The molecule has 0 aliphatic rings. The van der Waals surface area contributed by atoms with Gasteiger partial charge in [0.25, 0.3) is 5.69 Å². The van der Waals surface area contributed by atoms with E-state index in [1.54, 1.807) is 6.07 Å². The van der Waals surface area contributed by atoms with Crippen molar-refractivity contribution in [2.24, 2.45) is 0 Å². The lowest BCUT2D eigenvalue weighted by Crippen LogP contribution is -2.02. The molecule has 0 amide bonds. The van der Waals surface area contributed by atoms with E-state index in [9.17, 15) is 10.1 Å². The van der Waals surface area contributed by atoms with Crippen LogP contribution in [-0.2, 0) is 6.42 Å². The van der Waals surface area contributed by atoms with Gasteiger partial charge in [0.05, 0.1) is 4.92 Å². The summed E-state index contributed by atoms with van der Waals surface area (Å²) in [6, 6.07) is 10.9. The third-order valence-electron chi connectivity index (χ3n) is 3.19. The SMILES string of the molecule is CCCc1ccc(-c2nc(NCC)ccc2[N+](=O)[O-])cc1. The molecule has 0 radical (unpaired) electrons. The smallest absolute Gasteiger partial charge is 0.295 e. The minimum Gasteiger partial charge on any atom is -0.370 e. The molecule has 0 atom stereocenters. The Morgan fingerprint density at radius 1 is 1.14 bits per heavy atom. The van der Waals surface area contributed by atoms with Crippen molar-refractivity contribution in [3.63, 3.8) is 0 Å². The Balaban J connectivity index is 2.43. The Bertz CT molecular complexity index is 624. The first-order chi connectivity index (χ1) is 10.2. The lowest BCUT2D eigenvalue weighted by atomic mass is 10.0. The summed E-state index contributed by atoms with van der Waals surface area (Å²) in [5.74, 6) is 0.649. The molecule has 0 saturated heterocycles. The fraction of sp³-hybridized carbons (Fsp3) is 0.312. The second-order valence-electron chi connectivity index (χ2n) is 4.80. The number of pyridine rings is 1. The standard InChI is InChI=1S/C16H19N3O2/c1-3-5-12-6-8-13(9-7-12)16-14(19(20)21)10-11-15(18-16)17-4-2/h6-11H,3-5H2,1-2H3,(H,17,18). The number of rotatable bonds is 6. The minimum absolute atomic E-state index is 0.0277. The van der Waals surface area contributed by atoms with Gasteiger partial charge in [-0.3, -0.25) is 10.1 Å². The predicted molar refractivity (Wildman–Crippen MR) is 84.5 cm³/mol. The van der Waals surface area contributed by atoms with Gasteiger partial charge in [-0.05, 0) is 25.0 Å². The second-order valence-corrected chi connectivity index (χ2v) is 4.80. The van der Waals surface area contributed by atoms with Gasteiger partial charge in [0, 0.05) is 18.2 Å². The summed E-state index contributed by atoms with van der Waals surface area (Å²) in [5.41, 5.74) is 2.43. The van der Waals surface area contributed by atoms with Crippen molar-refractivity contribution < 1.29 is 4.92 Å². The van der Waals surface area contributed by atoms with Crippen molar-refractivity contribution in [2.45, 2.75) is 26.7 Å². The molecule has 0 spiro atoms. The van der Waals surface area contributed by atoms with Gasteiger partial charge in [-0.2, -0.15) is 0 Å². The topological polar surface area (TPSA) is 68.1 Å². The molecular formula is C16H19N3O2. The fourth-order valence-corrected chi connectivity index (χ4v) is 2.21. The molecule has 5 heteroatoms. The summed E-state index contributed by atoms with van der Waals surface area (Å²) in [6.45, 7) is 4.81. The maximum Gasteiger partial charge on any atom is 0.295 e. The van der Waals surface area contributed by atoms with Gasteiger partial charge in [-0.25, -0.2) is 4.98 Å². The number of nitrogens with zero attached hydrogens (tertiary/aromatic N) is 2. The largest absolute Gasteiger partial charge is 0.370 e. The van der Waals surface area contributed by atoms with Crippen LogP contribution >= 0.6 is 0 Å². The van der Waals surface area contributed by atoms with Crippen LogP contribution in [0.3, 0.4) is 0 Å². The summed E-state index contributed by atoms with van der Waals surface area (Å²) in [6.07, 6.45) is 2.08. The molecule has 21 heavy (non-hydrogen) atoms. The molecule has 1 heterocycles. The minimum atomic E-state index is -0.391. The van der Waals surface area contributed by atoms with Gasteiger partial charge in [-0.1, -0.05) is 37.6 Å². The maximum absolute atomic E-state index is 11.2. The van der Waals surface area contributed by atoms with Gasteiger partial charge < -0.3 is 5.32 Å². The van der Waals surface area contributed by atoms with Crippen LogP contribution in [0, 0.1) is 10.1 Å². The zero-order valence-electron chi connectivity index (χ0n) is 12.3. The number of nitro groups is 1. The lowest BCUT2D eigenvalue weighted by Gasteiger charge is -2.07. The van der Waals surface area contributed by atoms with E-state index in [0.29, 0.717) is 11.5 Å². The van der Waals surface area contributed by atoms with Gasteiger partial charge in [0.15, 0.2) is 5.69 Å². The molecule has 0 aliphatic carbocycles. The monoisotopic (exact) mass is 285 g/mol. The van der Waals surface area contributed by atoms with Gasteiger partial charge in [0.1, 0.15) is 5.82 Å². The van der Waals surface area contributed by atoms with Gasteiger partial charge in [-0.15, -0.1) is 0 Å². The molecule has 0 fully saturated rings. The highest BCUT2D eigenvalue weighted by Gasteiger charge is 2.17. The molecule has 0 unspecified atom stereocenters. The van der Waals surface area contributed by atoms with Crippen molar-refractivity contribution in [3.8, 4) is 11.3 Å². The van der Waals surface area contributed by atoms with Crippen LogP contribution in [0.25, 0.3) is 11.3 Å². The summed E-state index contributed by atoms with van der Waals surface area (Å²) >= 11 is 0. The first kappa shape index (κ1) is 15.0. The summed E-state index contributed by atoms with van der Waals surface area (Å²) in [7, 11) is 0. The van der Waals surface area contributed by atoms with E-state index in [2.05, 4.69) is 17.2 Å². The normalized spacial score (nSPS) is 10.4. The highest BCUT2D eigenvalue weighted by molar-refractivity contribution is 5.71.